The smallest absolute Gasteiger partial charge is 0.257 e. The number of carbonyl (C=O) groups is 3. The van der Waals surface area contributed by atoms with E-state index in [2.05, 4.69) is 17.2 Å². The Balaban J connectivity index is 2.60. The molecular weight excluding hydrogens is 292 g/mol. The van der Waals surface area contributed by atoms with Gasteiger partial charge in [-0.3, -0.25) is 30.1 Å². The summed E-state index contributed by atoms with van der Waals surface area (Å²) >= 11 is 0. The molecule has 1 rings (SSSR count). The zero-order chi connectivity index (χ0) is 16.5. The Morgan fingerprint density at radius 3 is 2.45 bits per heavy atom. The second-order valence-corrected chi connectivity index (χ2v) is 5.11. The highest BCUT2D eigenvalue weighted by atomic mass is 16.5. The molecule has 0 aliphatic heterocycles. The van der Waals surface area contributed by atoms with Crippen LogP contribution in [0, 0.1) is 5.92 Å². The minimum Gasteiger partial charge on any atom is -0.351 e. The average Bonchev–Trinajstić information content (AvgIpc) is 2.54. The van der Waals surface area contributed by atoms with Crippen molar-refractivity contribution >= 4 is 17.7 Å². The van der Waals surface area contributed by atoms with E-state index in [9.17, 15) is 14.4 Å². The van der Waals surface area contributed by atoms with Crippen LogP contribution in [0.1, 0.15) is 25.7 Å². The Morgan fingerprint density at radius 1 is 1.18 bits per heavy atom. The summed E-state index contributed by atoms with van der Waals surface area (Å²) in [6.07, 6.45) is 4.26. The van der Waals surface area contributed by atoms with Gasteiger partial charge in [-0.2, -0.15) is 0 Å². The van der Waals surface area contributed by atoms with Gasteiger partial charge in [0.1, 0.15) is 6.04 Å². The van der Waals surface area contributed by atoms with Crippen molar-refractivity contribution in [3.63, 3.8) is 0 Å². The molecule has 9 heteroatoms. The molecule has 0 bridgehead atoms. The van der Waals surface area contributed by atoms with Crippen molar-refractivity contribution in [2.75, 3.05) is 6.54 Å². The fraction of sp³-hybridized carbons (Fsp3) is 0.615. The summed E-state index contributed by atoms with van der Waals surface area (Å²) < 4.78 is 0. The monoisotopic (exact) mass is 314 g/mol. The Bertz CT molecular complexity index is 429. The third kappa shape index (κ3) is 5.10. The Hall–Kier alpha value is -1.97. The van der Waals surface area contributed by atoms with Gasteiger partial charge in [-0.15, -0.1) is 6.58 Å². The number of hydrogen-bond donors (Lipinski definition) is 6. The molecule has 9 nitrogen and oxygen atoms in total. The maximum Gasteiger partial charge on any atom is 0.257 e. The maximum atomic E-state index is 12.2. The minimum absolute atomic E-state index is 0.258. The molecule has 3 amide bonds. The largest absolute Gasteiger partial charge is 0.351 e. The molecule has 3 atom stereocenters. The summed E-state index contributed by atoms with van der Waals surface area (Å²) in [4.78, 5) is 34.7. The van der Waals surface area contributed by atoms with Crippen molar-refractivity contribution in [3.05, 3.63) is 12.7 Å². The Labute approximate surface area is 128 Å². The van der Waals surface area contributed by atoms with E-state index in [-0.39, 0.29) is 12.6 Å². The molecule has 22 heavy (non-hydrogen) atoms. The van der Waals surface area contributed by atoms with Crippen LogP contribution in [0.5, 0.6) is 0 Å². The van der Waals surface area contributed by atoms with Crippen LogP contribution in [-0.2, 0) is 14.4 Å². The number of hydroxylamine groups is 2. The van der Waals surface area contributed by atoms with Gasteiger partial charge in [0, 0.05) is 6.04 Å². The molecule has 0 aromatic heterocycles. The van der Waals surface area contributed by atoms with E-state index in [4.69, 9.17) is 10.4 Å². The van der Waals surface area contributed by atoms with Crippen LogP contribution in [0.4, 0.5) is 0 Å². The summed E-state index contributed by atoms with van der Waals surface area (Å²) in [5.74, 6) is -2.13. The lowest BCUT2D eigenvalue weighted by Crippen LogP contribution is -2.53. The van der Waals surface area contributed by atoms with Gasteiger partial charge < -0.3 is 5.32 Å². The van der Waals surface area contributed by atoms with Crippen LogP contribution < -0.4 is 21.6 Å². The van der Waals surface area contributed by atoms with Gasteiger partial charge in [-0.1, -0.05) is 18.9 Å². The van der Waals surface area contributed by atoms with Crippen molar-refractivity contribution in [2.24, 2.45) is 5.92 Å². The number of rotatable bonds is 7. The Morgan fingerprint density at radius 2 is 1.86 bits per heavy atom. The van der Waals surface area contributed by atoms with Crippen LogP contribution in [0.15, 0.2) is 12.7 Å². The van der Waals surface area contributed by atoms with Gasteiger partial charge in [0.25, 0.3) is 5.91 Å². The van der Waals surface area contributed by atoms with E-state index in [1.807, 2.05) is 0 Å². The van der Waals surface area contributed by atoms with Crippen LogP contribution in [0.25, 0.3) is 0 Å². The van der Waals surface area contributed by atoms with Gasteiger partial charge in [-0.05, 0) is 12.8 Å². The van der Waals surface area contributed by atoms with E-state index in [0.717, 1.165) is 12.8 Å². The normalized spacial score (nSPS) is 22.3. The van der Waals surface area contributed by atoms with Gasteiger partial charge in [0.15, 0.2) is 0 Å². The molecule has 6 N–H and O–H groups in total. The second kappa shape index (κ2) is 9.13. The van der Waals surface area contributed by atoms with Crippen LogP contribution >= 0.6 is 0 Å². The van der Waals surface area contributed by atoms with Crippen LogP contribution in [0.2, 0.25) is 0 Å². The van der Waals surface area contributed by atoms with E-state index in [1.54, 1.807) is 5.48 Å². The molecule has 1 aliphatic carbocycles. The number of carbonyl (C=O) groups excluding carboxylic acids is 3. The fourth-order valence-electron chi connectivity index (χ4n) is 2.50. The highest BCUT2D eigenvalue weighted by molar-refractivity contribution is 5.86. The third-order valence-electron chi connectivity index (χ3n) is 3.67. The molecule has 0 saturated heterocycles. The minimum atomic E-state index is -0.836. The lowest BCUT2D eigenvalue weighted by Gasteiger charge is -2.31. The summed E-state index contributed by atoms with van der Waals surface area (Å²) in [5, 5.41) is 22.5. The molecule has 0 spiro atoms. The zero-order valence-corrected chi connectivity index (χ0v) is 12.2. The predicted molar refractivity (Wildman–Crippen MR) is 75.7 cm³/mol. The first-order chi connectivity index (χ1) is 10.5. The summed E-state index contributed by atoms with van der Waals surface area (Å²) in [7, 11) is 0. The van der Waals surface area contributed by atoms with Gasteiger partial charge >= 0.3 is 0 Å². The first kappa shape index (κ1) is 18.1. The number of hydrogen-bond acceptors (Lipinski definition) is 6. The molecule has 124 valence electrons. The highest BCUT2D eigenvalue weighted by Gasteiger charge is 2.32. The number of nitrogens with one attached hydrogen (secondary N) is 4. The van der Waals surface area contributed by atoms with Crippen LogP contribution in [-0.4, -0.2) is 46.8 Å². The lowest BCUT2D eigenvalue weighted by atomic mass is 9.84. The quantitative estimate of drug-likeness (QED) is 0.198. The van der Waals surface area contributed by atoms with Crippen molar-refractivity contribution in [3.8, 4) is 0 Å². The predicted octanol–water partition coefficient (Wildman–Crippen LogP) is -1.18. The summed E-state index contributed by atoms with van der Waals surface area (Å²) in [6, 6.07) is -1.22. The first-order valence-corrected chi connectivity index (χ1v) is 7.06. The van der Waals surface area contributed by atoms with Gasteiger partial charge in [-0.25, -0.2) is 11.0 Å². The summed E-state index contributed by atoms with van der Waals surface area (Å²) in [6.45, 7) is 3.25. The van der Waals surface area contributed by atoms with Crippen molar-refractivity contribution in [1.82, 2.24) is 21.6 Å². The molecule has 0 heterocycles. The zero-order valence-electron chi connectivity index (χ0n) is 12.2. The van der Waals surface area contributed by atoms with Gasteiger partial charge in [0.05, 0.1) is 12.5 Å². The summed E-state index contributed by atoms with van der Waals surface area (Å²) in [5.41, 5.74) is 3.07. The lowest BCUT2D eigenvalue weighted by molar-refractivity contribution is -0.136. The van der Waals surface area contributed by atoms with Crippen molar-refractivity contribution in [2.45, 2.75) is 37.8 Å². The molecule has 3 unspecified atom stereocenters. The molecule has 1 aliphatic rings. The second-order valence-electron chi connectivity index (χ2n) is 5.11. The number of amides is 3. The van der Waals surface area contributed by atoms with E-state index in [1.165, 1.54) is 11.6 Å². The molecule has 1 saturated carbocycles. The highest BCUT2D eigenvalue weighted by Crippen LogP contribution is 2.24. The van der Waals surface area contributed by atoms with Crippen molar-refractivity contribution < 1.29 is 24.8 Å². The van der Waals surface area contributed by atoms with Crippen molar-refractivity contribution in [1.29, 1.82) is 0 Å². The molecule has 0 radical (unpaired) electrons. The fourth-order valence-corrected chi connectivity index (χ4v) is 2.50. The molecule has 0 aromatic rings. The topological polar surface area (TPSA) is 140 Å². The van der Waals surface area contributed by atoms with Gasteiger partial charge in [0.2, 0.25) is 11.8 Å². The van der Waals surface area contributed by atoms with Crippen LogP contribution in [0.3, 0.4) is 0 Å². The molecule has 0 aromatic carbocycles. The third-order valence-corrected chi connectivity index (χ3v) is 3.67. The average molecular weight is 314 g/mol. The van der Waals surface area contributed by atoms with E-state index in [0.29, 0.717) is 12.8 Å². The van der Waals surface area contributed by atoms with E-state index >= 15 is 0 Å². The standard InChI is InChI=1S/C13H22N4O5/c1-2-9(14-7-11(18)16-21)13(20)15-10-6-4-3-5-8(10)12(19)17-22/h2,8-10,14,21-22H,1,3-7H2,(H,15,20)(H,16,18)(H,17,19). The maximum absolute atomic E-state index is 12.2. The molecular formula is C13H22N4O5. The van der Waals surface area contributed by atoms with E-state index < -0.39 is 29.7 Å². The molecule has 1 fully saturated rings. The Kier molecular flexibility index (Phi) is 7.50. The SMILES string of the molecule is C=CC(NCC(=O)NO)C(=O)NC1CCCCC1C(=O)NO. The first-order valence-electron chi connectivity index (χ1n) is 7.06.